The minimum absolute atomic E-state index is 0.135. The molecule has 0 unspecified atom stereocenters. The van der Waals surface area contributed by atoms with E-state index in [1.54, 1.807) is 11.2 Å². The number of amides is 2. The van der Waals surface area contributed by atoms with Gasteiger partial charge in [-0.1, -0.05) is 17.3 Å². The molecule has 1 aliphatic carbocycles. The van der Waals surface area contributed by atoms with Crippen molar-refractivity contribution in [2.45, 2.75) is 25.3 Å². The van der Waals surface area contributed by atoms with Crippen molar-refractivity contribution < 1.29 is 9.32 Å². The molecule has 9 nitrogen and oxygen atoms in total. The Bertz CT molecular complexity index is 1050. The smallest absolute Gasteiger partial charge is 0.322 e. The fraction of sp³-hybridized carbons (Fsp3) is 0.400. The third-order valence-electron chi connectivity index (χ3n) is 5.27. The van der Waals surface area contributed by atoms with E-state index >= 15 is 0 Å². The Morgan fingerprint density at radius 2 is 2.07 bits per heavy atom. The summed E-state index contributed by atoms with van der Waals surface area (Å²) in [6.45, 7) is 1.73. The molecule has 0 bridgehead atoms. The summed E-state index contributed by atoms with van der Waals surface area (Å²) >= 11 is 0. The Hall–Kier alpha value is -3.20. The second-order valence-electron chi connectivity index (χ2n) is 7.75. The molecular formula is C20H23N7O2. The van der Waals surface area contributed by atoms with E-state index in [1.807, 2.05) is 47.8 Å². The number of para-hydroxylation sites is 2. The largest absolute Gasteiger partial charge is 0.339 e. The molecule has 2 aliphatic rings. The second kappa shape index (κ2) is 7.00. The highest BCUT2D eigenvalue weighted by atomic mass is 16.5. The number of carbonyl (C=O) groups is 1. The van der Waals surface area contributed by atoms with Gasteiger partial charge in [-0.05, 0) is 39.1 Å². The van der Waals surface area contributed by atoms with Crippen LogP contribution in [0.1, 0.15) is 30.3 Å². The van der Waals surface area contributed by atoms with Crippen molar-refractivity contribution in [3.05, 3.63) is 42.2 Å². The number of rotatable bonds is 5. The maximum Gasteiger partial charge on any atom is 0.322 e. The van der Waals surface area contributed by atoms with Crippen molar-refractivity contribution >= 4 is 11.7 Å². The van der Waals surface area contributed by atoms with Gasteiger partial charge < -0.3 is 14.7 Å². The van der Waals surface area contributed by atoms with Gasteiger partial charge in [0.15, 0.2) is 0 Å². The van der Waals surface area contributed by atoms with Gasteiger partial charge in [0.05, 0.1) is 23.6 Å². The Kier molecular flexibility index (Phi) is 4.31. The van der Waals surface area contributed by atoms with E-state index in [1.165, 1.54) is 0 Å². The van der Waals surface area contributed by atoms with Crippen molar-refractivity contribution in [3.63, 3.8) is 0 Å². The summed E-state index contributed by atoms with van der Waals surface area (Å²) in [6.07, 6.45) is 3.95. The standard InChI is InChI=1S/C20H23N7O2/c1-25(2)10-9-21-20(28)26-11-16-17(18-23-19(29-24-18)13-7-8-13)22-12-27(16)15-6-4-3-5-14(15)26/h3-6,12-13H,7-11H2,1-2H3,(H,21,28). The highest BCUT2D eigenvalue weighted by Crippen LogP contribution is 2.40. The molecule has 1 aliphatic heterocycles. The monoisotopic (exact) mass is 393 g/mol. The van der Waals surface area contributed by atoms with E-state index < -0.39 is 0 Å². The van der Waals surface area contributed by atoms with Gasteiger partial charge in [-0.15, -0.1) is 0 Å². The number of hydrogen-bond donors (Lipinski definition) is 1. The SMILES string of the molecule is CN(C)CCNC(=O)N1Cc2c(-c3noc(C4CC4)n3)ncn2-c2ccccc21. The van der Waals surface area contributed by atoms with Crippen LogP contribution in [0, 0.1) is 0 Å². The highest BCUT2D eigenvalue weighted by Gasteiger charge is 2.33. The molecule has 3 heterocycles. The number of urea groups is 1. The second-order valence-corrected chi connectivity index (χ2v) is 7.75. The van der Waals surface area contributed by atoms with Crippen LogP contribution in [0.3, 0.4) is 0 Å². The van der Waals surface area contributed by atoms with Crippen molar-refractivity contribution in [2.75, 3.05) is 32.1 Å². The summed E-state index contributed by atoms with van der Waals surface area (Å²) in [5.74, 6) is 1.54. The Labute approximate surface area is 168 Å². The Balaban J connectivity index is 1.48. The van der Waals surface area contributed by atoms with E-state index in [2.05, 4.69) is 20.4 Å². The fourth-order valence-electron chi connectivity index (χ4n) is 3.54. The van der Waals surface area contributed by atoms with Crippen LogP contribution in [0.25, 0.3) is 17.2 Å². The van der Waals surface area contributed by atoms with Crippen LogP contribution >= 0.6 is 0 Å². The van der Waals surface area contributed by atoms with Crippen LogP contribution in [0.4, 0.5) is 10.5 Å². The summed E-state index contributed by atoms with van der Waals surface area (Å²) in [5.41, 5.74) is 3.27. The van der Waals surface area contributed by atoms with Crippen molar-refractivity contribution in [3.8, 4) is 17.2 Å². The third kappa shape index (κ3) is 3.27. The molecule has 2 amide bonds. The lowest BCUT2D eigenvalue weighted by molar-refractivity contribution is 0.244. The highest BCUT2D eigenvalue weighted by molar-refractivity contribution is 5.95. The van der Waals surface area contributed by atoms with Crippen molar-refractivity contribution in [2.24, 2.45) is 0 Å². The summed E-state index contributed by atoms with van der Waals surface area (Å²) in [5, 5.41) is 7.14. The van der Waals surface area contributed by atoms with E-state index in [0.29, 0.717) is 36.4 Å². The van der Waals surface area contributed by atoms with Gasteiger partial charge in [0, 0.05) is 19.0 Å². The molecule has 0 spiro atoms. The summed E-state index contributed by atoms with van der Waals surface area (Å²) in [7, 11) is 3.96. The van der Waals surface area contributed by atoms with Gasteiger partial charge in [0.1, 0.15) is 12.0 Å². The Morgan fingerprint density at radius 1 is 1.28 bits per heavy atom. The molecule has 0 saturated heterocycles. The molecule has 150 valence electrons. The maximum atomic E-state index is 12.9. The van der Waals surface area contributed by atoms with E-state index in [0.717, 1.165) is 36.5 Å². The minimum atomic E-state index is -0.135. The zero-order valence-electron chi connectivity index (χ0n) is 16.5. The molecule has 1 saturated carbocycles. The summed E-state index contributed by atoms with van der Waals surface area (Å²) in [4.78, 5) is 25.8. The molecule has 1 aromatic carbocycles. The average molecular weight is 393 g/mol. The lowest BCUT2D eigenvalue weighted by Gasteiger charge is -2.31. The predicted octanol–water partition coefficient (Wildman–Crippen LogP) is 2.39. The number of fused-ring (bicyclic) bond motifs is 3. The molecule has 3 aromatic rings. The van der Waals surface area contributed by atoms with Crippen LogP contribution < -0.4 is 10.2 Å². The lowest BCUT2D eigenvalue weighted by atomic mass is 10.1. The number of imidazole rings is 1. The molecule has 0 radical (unpaired) electrons. The molecule has 2 aromatic heterocycles. The van der Waals surface area contributed by atoms with Gasteiger partial charge >= 0.3 is 6.03 Å². The number of benzene rings is 1. The van der Waals surface area contributed by atoms with E-state index in [4.69, 9.17) is 4.52 Å². The van der Waals surface area contributed by atoms with Crippen molar-refractivity contribution in [1.29, 1.82) is 0 Å². The summed E-state index contributed by atoms with van der Waals surface area (Å²) in [6, 6.07) is 7.68. The number of aromatic nitrogens is 4. The molecular weight excluding hydrogens is 370 g/mol. The number of nitrogens with one attached hydrogen (secondary N) is 1. The first-order valence-electron chi connectivity index (χ1n) is 9.81. The molecule has 9 heteroatoms. The molecule has 29 heavy (non-hydrogen) atoms. The van der Waals surface area contributed by atoms with Crippen LogP contribution in [0.2, 0.25) is 0 Å². The van der Waals surface area contributed by atoms with Gasteiger partial charge in [-0.3, -0.25) is 9.47 Å². The number of carbonyl (C=O) groups excluding carboxylic acids is 1. The number of anilines is 1. The average Bonchev–Trinajstić information content (AvgIpc) is 3.29. The Morgan fingerprint density at radius 3 is 2.83 bits per heavy atom. The van der Waals surface area contributed by atoms with Crippen LogP contribution in [0.15, 0.2) is 35.1 Å². The van der Waals surface area contributed by atoms with Crippen LogP contribution in [-0.4, -0.2) is 57.8 Å². The van der Waals surface area contributed by atoms with Gasteiger partial charge in [-0.25, -0.2) is 9.78 Å². The maximum absolute atomic E-state index is 12.9. The normalized spacial score (nSPS) is 15.3. The zero-order chi connectivity index (χ0) is 20.0. The van der Waals surface area contributed by atoms with Gasteiger partial charge in [0.2, 0.25) is 11.7 Å². The van der Waals surface area contributed by atoms with Crippen LogP contribution in [-0.2, 0) is 6.54 Å². The predicted molar refractivity (Wildman–Crippen MR) is 107 cm³/mol. The number of hydrogen-bond acceptors (Lipinski definition) is 6. The quantitative estimate of drug-likeness (QED) is 0.716. The first-order valence-corrected chi connectivity index (χ1v) is 9.81. The first kappa shape index (κ1) is 17.9. The number of likely N-dealkylation sites (N-methyl/N-ethyl adjacent to an activating group) is 1. The number of nitrogens with zero attached hydrogens (tertiary/aromatic N) is 6. The topological polar surface area (TPSA) is 92.3 Å². The van der Waals surface area contributed by atoms with E-state index in [-0.39, 0.29) is 6.03 Å². The first-order chi connectivity index (χ1) is 14.1. The van der Waals surface area contributed by atoms with E-state index in [9.17, 15) is 4.79 Å². The molecule has 5 rings (SSSR count). The fourth-order valence-corrected chi connectivity index (χ4v) is 3.54. The van der Waals surface area contributed by atoms with Gasteiger partial charge in [-0.2, -0.15) is 4.98 Å². The lowest BCUT2D eigenvalue weighted by Crippen LogP contribution is -2.44. The minimum Gasteiger partial charge on any atom is -0.339 e. The molecule has 1 N–H and O–H groups in total. The van der Waals surface area contributed by atoms with Gasteiger partial charge in [0.25, 0.3) is 0 Å². The van der Waals surface area contributed by atoms with Crippen LogP contribution in [0.5, 0.6) is 0 Å². The summed E-state index contributed by atoms with van der Waals surface area (Å²) < 4.78 is 7.42. The molecule has 1 fully saturated rings. The van der Waals surface area contributed by atoms with Crippen molar-refractivity contribution in [1.82, 2.24) is 29.9 Å². The third-order valence-corrected chi connectivity index (χ3v) is 5.27. The molecule has 0 atom stereocenters. The zero-order valence-corrected chi connectivity index (χ0v) is 16.5.